The van der Waals surface area contributed by atoms with E-state index in [4.69, 9.17) is 9.15 Å². The molecular formula is C15H18IN3O6S2. The summed E-state index contributed by atoms with van der Waals surface area (Å²) < 4.78 is 34.3. The van der Waals surface area contributed by atoms with Gasteiger partial charge in [-0.3, -0.25) is 4.65 Å². The normalized spacial score (nSPS) is 23.6. The number of ether oxygens (including phenoxy) is 1. The quantitative estimate of drug-likeness (QED) is 0.244. The predicted octanol–water partition coefficient (Wildman–Crippen LogP) is 2.42. The number of aromatic nitrogens is 1. The van der Waals surface area contributed by atoms with Gasteiger partial charge in [0.1, 0.15) is 10.9 Å². The number of thiazole rings is 1. The molecule has 0 bridgehead atoms. The second-order valence-corrected chi connectivity index (χ2v) is 10.6. The van der Waals surface area contributed by atoms with Crippen LogP contribution in [0.1, 0.15) is 24.4 Å². The van der Waals surface area contributed by atoms with E-state index in [0.29, 0.717) is 10.1 Å². The first-order chi connectivity index (χ1) is 12.7. The van der Waals surface area contributed by atoms with E-state index in [1.54, 1.807) is 6.07 Å². The highest BCUT2D eigenvalue weighted by atomic mass is 127. The maximum Gasteiger partial charge on any atom is 0.379 e. The van der Waals surface area contributed by atoms with Crippen LogP contribution in [0.2, 0.25) is 0 Å². The molecule has 3 heterocycles. The third kappa shape index (κ3) is 3.91. The maximum atomic E-state index is 13.6. The van der Waals surface area contributed by atoms with E-state index in [2.05, 4.69) is 4.98 Å². The van der Waals surface area contributed by atoms with Crippen molar-refractivity contribution in [1.82, 2.24) is 14.5 Å². The first kappa shape index (κ1) is 20.7. The summed E-state index contributed by atoms with van der Waals surface area (Å²) in [5, 5.41) is 13.6. The molecular weight excluding hydrogens is 509 g/mol. The lowest BCUT2D eigenvalue weighted by molar-refractivity contribution is 0.00235. The molecule has 1 aliphatic rings. The highest BCUT2D eigenvalue weighted by Gasteiger charge is 2.46. The molecule has 3 rings (SSSR count). The fraction of sp³-hybridized carbons (Fsp3) is 0.467. The Morgan fingerprint density at radius 2 is 2.30 bits per heavy atom. The van der Waals surface area contributed by atoms with Crippen LogP contribution in [0.15, 0.2) is 27.2 Å². The van der Waals surface area contributed by atoms with Crippen LogP contribution in [-0.2, 0) is 14.6 Å². The van der Waals surface area contributed by atoms with Crippen LogP contribution >= 0.6 is 33.9 Å². The summed E-state index contributed by atoms with van der Waals surface area (Å²) in [5.74, 6) is -0.779. The molecule has 9 nitrogen and oxygen atoms in total. The Hall–Kier alpha value is -1.06. The molecule has 0 aliphatic carbocycles. The van der Waals surface area contributed by atoms with Gasteiger partial charge < -0.3 is 14.4 Å². The minimum Gasteiger partial charge on any atom is -0.622 e. The highest BCUT2D eigenvalue weighted by molar-refractivity contribution is 14.1. The molecule has 0 radical (unpaired) electrons. The van der Waals surface area contributed by atoms with Gasteiger partial charge in [0.2, 0.25) is 5.76 Å². The first-order valence-corrected chi connectivity index (χ1v) is 11.7. The van der Waals surface area contributed by atoms with Gasteiger partial charge in [-0.15, -0.1) is 0 Å². The summed E-state index contributed by atoms with van der Waals surface area (Å²) in [5.41, 5.74) is 0. The van der Waals surface area contributed by atoms with Gasteiger partial charge in [-0.1, -0.05) is 13.8 Å². The number of carbonyl (C=O) groups is 1. The fourth-order valence-electron chi connectivity index (χ4n) is 2.66. The molecule has 2 aromatic rings. The number of hydrogen-bond donors (Lipinski definition) is 0. The summed E-state index contributed by atoms with van der Waals surface area (Å²) in [4.78, 5) is 18.3. The lowest BCUT2D eigenvalue weighted by Crippen LogP contribution is -2.50. The average molecular weight is 527 g/mol. The number of esters is 1. The average Bonchev–Trinajstić information content (AvgIpc) is 3.35. The Balaban J connectivity index is 1.91. The van der Waals surface area contributed by atoms with Crippen molar-refractivity contribution in [3.05, 3.63) is 33.1 Å². The minimum atomic E-state index is -3.46. The van der Waals surface area contributed by atoms with Crippen LogP contribution in [0, 0.1) is 8.78 Å². The van der Waals surface area contributed by atoms with Crippen molar-refractivity contribution in [1.29, 1.82) is 0 Å². The van der Waals surface area contributed by atoms with E-state index in [9.17, 15) is 18.4 Å². The van der Waals surface area contributed by atoms with Gasteiger partial charge in [0, 0.05) is 6.54 Å². The largest absolute Gasteiger partial charge is 0.622 e. The number of rotatable bonds is 6. The zero-order valence-electron chi connectivity index (χ0n) is 14.6. The van der Waals surface area contributed by atoms with Crippen molar-refractivity contribution in [3.63, 3.8) is 0 Å². The van der Waals surface area contributed by atoms with Gasteiger partial charge in [-0.05, 0) is 40.0 Å². The van der Waals surface area contributed by atoms with Gasteiger partial charge in [0.15, 0.2) is 9.84 Å². The van der Waals surface area contributed by atoms with Crippen LogP contribution < -0.4 is 4.65 Å². The lowest BCUT2D eigenvalue weighted by atomic mass is 10.4. The Labute approximate surface area is 174 Å². The van der Waals surface area contributed by atoms with Gasteiger partial charge in [-0.2, -0.15) is 4.98 Å². The van der Waals surface area contributed by atoms with Crippen LogP contribution in [0.5, 0.6) is 0 Å². The summed E-state index contributed by atoms with van der Waals surface area (Å²) in [6, 6.07) is 1.62. The van der Waals surface area contributed by atoms with Gasteiger partial charge in [-0.25, -0.2) is 18.1 Å². The smallest absolute Gasteiger partial charge is 0.379 e. The molecule has 1 fully saturated rings. The van der Waals surface area contributed by atoms with Crippen molar-refractivity contribution in [2.75, 3.05) is 25.5 Å². The first-order valence-electron chi connectivity index (χ1n) is 8.15. The van der Waals surface area contributed by atoms with Crippen molar-refractivity contribution in [2.24, 2.45) is 0 Å². The monoisotopic (exact) mass is 527 g/mol. The highest BCUT2D eigenvalue weighted by Crippen LogP contribution is 2.37. The van der Waals surface area contributed by atoms with Crippen molar-refractivity contribution in [3.8, 4) is 0 Å². The number of quaternary nitrogens is 1. The number of halogens is 1. The molecule has 0 spiro atoms. The molecule has 2 unspecified atom stereocenters. The SMILES string of the molecule is CCN1CC(OC(=O)c2occc2I)[N+]([O-])(c2ncc(S(=O)(=O)CC)s2)C1. The number of hydroxylamine groups is 2. The van der Waals surface area contributed by atoms with Gasteiger partial charge >= 0.3 is 5.97 Å². The molecule has 12 heteroatoms. The Morgan fingerprint density at radius 3 is 2.89 bits per heavy atom. The standard InChI is InChI=1S/C15H18IN3O6S2/c1-3-18-8-11(25-14(20)13-10(16)5-6-24-13)19(21,9-18)15-17-7-12(26-15)27(22,23)4-2/h5-7,11H,3-4,8-9H2,1-2H3. The number of furan rings is 1. The Morgan fingerprint density at radius 1 is 1.56 bits per heavy atom. The van der Waals surface area contributed by atoms with E-state index in [-0.39, 0.29) is 34.1 Å². The molecule has 27 heavy (non-hydrogen) atoms. The summed E-state index contributed by atoms with van der Waals surface area (Å²) in [7, 11) is -3.46. The second-order valence-electron chi connectivity index (χ2n) is 5.93. The van der Waals surface area contributed by atoms with E-state index in [0.717, 1.165) is 11.3 Å². The van der Waals surface area contributed by atoms with E-state index in [1.165, 1.54) is 19.4 Å². The van der Waals surface area contributed by atoms with E-state index < -0.39 is 26.7 Å². The molecule has 2 aromatic heterocycles. The molecule has 0 N–H and O–H groups in total. The summed E-state index contributed by atoms with van der Waals surface area (Å²) >= 11 is 2.76. The number of likely N-dealkylation sites (N-methyl/N-ethyl adjacent to an activating group) is 1. The van der Waals surface area contributed by atoms with Crippen molar-refractivity contribution < 1.29 is 22.4 Å². The van der Waals surface area contributed by atoms with Crippen molar-refractivity contribution in [2.45, 2.75) is 24.3 Å². The molecule has 2 atom stereocenters. The van der Waals surface area contributed by atoms with Crippen LogP contribution in [0.25, 0.3) is 0 Å². The Kier molecular flexibility index (Phi) is 5.93. The number of nitrogens with zero attached hydrogens (tertiary/aromatic N) is 3. The zero-order chi connectivity index (χ0) is 19.8. The molecule has 1 aliphatic heterocycles. The molecule has 0 aromatic carbocycles. The fourth-order valence-corrected chi connectivity index (χ4v) is 5.46. The van der Waals surface area contributed by atoms with Crippen molar-refractivity contribution >= 4 is 54.9 Å². The van der Waals surface area contributed by atoms with Crippen LogP contribution in [-0.4, -0.2) is 56.0 Å². The van der Waals surface area contributed by atoms with Crippen LogP contribution in [0.3, 0.4) is 0 Å². The Bertz CT molecular complexity index is 943. The minimum absolute atomic E-state index is 0.0167. The molecule has 148 valence electrons. The predicted molar refractivity (Wildman–Crippen MR) is 108 cm³/mol. The van der Waals surface area contributed by atoms with Gasteiger partial charge in [0.05, 0.1) is 28.3 Å². The number of carbonyl (C=O) groups excluding carboxylic acids is 1. The van der Waals surface area contributed by atoms with E-state index in [1.807, 2.05) is 34.4 Å². The summed E-state index contributed by atoms with van der Waals surface area (Å²) in [6.07, 6.45) is 1.49. The van der Waals surface area contributed by atoms with E-state index >= 15 is 0 Å². The maximum absolute atomic E-state index is 13.6. The topological polar surface area (TPSA) is 113 Å². The lowest BCUT2D eigenvalue weighted by Gasteiger charge is -2.38. The molecule has 1 saturated heterocycles. The third-order valence-electron chi connectivity index (χ3n) is 4.27. The zero-order valence-corrected chi connectivity index (χ0v) is 18.4. The second kappa shape index (κ2) is 7.75. The number of sulfone groups is 1. The summed E-state index contributed by atoms with van der Waals surface area (Å²) in [6.45, 7) is 4.24. The molecule has 0 amide bonds. The van der Waals surface area contributed by atoms with Crippen LogP contribution in [0.4, 0.5) is 5.13 Å². The molecule has 0 saturated carbocycles. The third-order valence-corrected chi connectivity index (χ3v) is 8.51. The number of hydrogen-bond acceptors (Lipinski definition) is 9. The van der Waals surface area contributed by atoms with Gasteiger partial charge in [0.25, 0.3) is 11.4 Å².